The Hall–Kier alpha value is -3.37. The highest BCUT2D eigenvalue weighted by atomic mass is 35.5. The van der Waals surface area contributed by atoms with Crippen molar-refractivity contribution in [1.29, 1.82) is 0 Å². The molecule has 1 amide bonds. The van der Waals surface area contributed by atoms with Crippen molar-refractivity contribution in [3.63, 3.8) is 0 Å². The first-order chi connectivity index (χ1) is 15.7. The van der Waals surface area contributed by atoms with Gasteiger partial charge in [0.15, 0.2) is 5.43 Å². The van der Waals surface area contributed by atoms with Gasteiger partial charge in [-0.15, -0.1) is 0 Å². The summed E-state index contributed by atoms with van der Waals surface area (Å²) in [5.74, 6) is -0.177. The second-order valence-corrected chi connectivity index (χ2v) is 9.94. The molecule has 1 aliphatic rings. The average molecular weight is 458 g/mol. The van der Waals surface area contributed by atoms with Crippen molar-refractivity contribution >= 4 is 28.5 Å². The Morgan fingerprint density at radius 3 is 2.30 bits per heavy atom. The first-order valence-corrected chi connectivity index (χ1v) is 11.3. The fourth-order valence-corrected chi connectivity index (χ4v) is 4.62. The normalized spacial score (nSPS) is 15.8. The van der Waals surface area contributed by atoms with Gasteiger partial charge in [-0.1, -0.05) is 87.0 Å². The number of fused-ring (bicyclic) bond motifs is 2. The minimum absolute atomic E-state index is 0.00234. The lowest BCUT2D eigenvalue weighted by Gasteiger charge is -2.26. The quantitative estimate of drug-likeness (QED) is 0.353. The maximum absolute atomic E-state index is 13.6. The van der Waals surface area contributed by atoms with Crippen LogP contribution < -0.4 is 5.43 Å². The summed E-state index contributed by atoms with van der Waals surface area (Å²) < 4.78 is 6.00. The van der Waals surface area contributed by atoms with Crippen LogP contribution in [0.2, 0.25) is 5.02 Å². The molecule has 4 nitrogen and oxygen atoms in total. The molecule has 1 unspecified atom stereocenters. The zero-order valence-electron chi connectivity index (χ0n) is 18.8. The monoisotopic (exact) mass is 457 g/mol. The van der Waals surface area contributed by atoms with Crippen LogP contribution >= 0.6 is 11.6 Å². The van der Waals surface area contributed by atoms with Crippen LogP contribution in [0.5, 0.6) is 0 Å². The molecule has 1 aromatic heterocycles. The van der Waals surface area contributed by atoms with E-state index in [0.717, 1.165) is 11.1 Å². The SMILES string of the molecule is CC(C)(C)c1ccc(C2c3c(oc4ccc(Cl)cc4c3=O)C(=O)N2Cc2ccccc2)cc1. The van der Waals surface area contributed by atoms with Gasteiger partial charge in [-0.3, -0.25) is 9.59 Å². The Labute approximate surface area is 197 Å². The molecule has 1 aliphatic heterocycles. The van der Waals surface area contributed by atoms with Crippen molar-refractivity contribution in [2.24, 2.45) is 0 Å². The number of hydrogen-bond acceptors (Lipinski definition) is 3. The molecule has 0 aliphatic carbocycles. The third-order valence-corrected chi connectivity index (χ3v) is 6.45. The fourth-order valence-electron chi connectivity index (χ4n) is 4.45. The summed E-state index contributed by atoms with van der Waals surface area (Å²) in [6.07, 6.45) is 0. The Morgan fingerprint density at radius 1 is 0.939 bits per heavy atom. The van der Waals surface area contributed by atoms with Gasteiger partial charge in [0.2, 0.25) is 5.76 Å². The summed E-state index contributed by atoms with van der Waals surface area (Å²) in [5.41, 5.74) is 3.55. The molecule has 0 spiro atoms. The first kappa shape index (κ1) is 21.5. The Morgan fingerprint density at radius 2 is 1.64 bits per heavy atom. The maximum Gasteiger partial charge on any atom is 0.291 e. The van der Waals surface area contributed by atoms with Gasteiger partial charge in [-0.25, -0.2) is 0 Å². The van der Waals surface area contributed by atoms with Gasteiger partial charge < -0.3 is 9.32 Å². The molecule has 5 rings (SSSR count). The topological polar surface area (TPSA) is 50.5 Å². The molecular formula is C28H24ClNO3. The molecule has 0 saturated heterocycles. The lowest BCUT2D eigenvalue weighted by atomic mass is 9.86. The largest absolute Gasteiger partial charge is 0.450 e. The summed E-state index contributed by atoms with van der Waals surface area (Å²) in [6, 6.07) is 22.3. The summed E-state index contributed by atoms with van der Waals surface area (Å²) in [5, 5.41) is 0.832. The third-order valence-electron chi connectivity index (χ3n) is 6.22. The van der Waals surface area contributed by atoms with Gasteiger partial charge in [0, 0.05) is 11.6 Å². The van der Waals surface area contributed by atoms with E-state index in [1.807, 2.05) is 42.5 Å². The Balaban J connectivity index is 1.71. The minimum Gasteiger partial charge on any atom is -0.450 e. The predicted molar refractivity (Wildman–Crippen MR) is 131 cm³/mol. The molecule has 2 heterocycles. The number of benzene rings is 3. The molecule has 0 N–H and O–H groups in total. The Kier molecular flexibility index (Phi) is 5.13. The Bertz CT molecular complexity index is 1420. The van der Waals surface area contributed by atoms with E-state index in [1.54, 1.807) is 23.1 Å². The number of halogens is 1. The number of hydrogen-bond donors (Lipinski definition) is 0. The van der Waals surface area contributed by atoms with Crippen LogP contribution in [-0.4, -0.2) is 10.8 Å². The van der Waals surface area contributed by atoms with E-state index in [4.69, 9.17) is 16.0 Å². The highest BCUT2D eigenvalue weighted by Gasteiger charge is 2.42. The number of carbonyl (C=O) groups excluding carboxylic acids is 1. The van der Waals surface area contributed by atoms with Crippen LogP contribution in [0.15, 0.2) is 82.0 Å². The van der Waals surface area contributed by atoms with E-state index in [0.29, 0.717) is 28.1 Å². The van der Waals surface area contributed by atoms with Crippen LogP contribution in [0.3, 0.4) is 0 Å². The second-order valence-electron chi connectivity index (χ2n) is 9.51. The van der Waals surface area contributed by atoms with E-state index in [2.05, 4.69) is 32.9 Å². The highest BCUT2D eigenvalue weighted by Crippen LogP contribution is 2.40. The summed E-state index contributed by atoms with van der Waals surface area (Å²) in [6.45, 7) is 6.83. The molecule has 166 valence electrons. The van der Waals surface area contributed by atoms with Gasteiger partial charge >= 0.3 is 0 Å². The molecule has 0 saturated carbocycles. The van der Waals surface area contributed by atoms with Gasteiger partial charge in [0.25, 0.3) is 5.91 Å². The van der Waals surface area contributed by atoms with E-state index in [-0.39, 0.29) is 22.5 Å². The summed E-state index contributed by atoms with van der Waals surface area (Å²) in [7, 11) is 0. The molecule has 1 atom stereocenters. The molecule has 5 heteroatoms. The predicted octanol–water partition coefficient (Wildman–Crippen LogP) is 6.49. The van der Waals surface area contributed by atoms with Gasteiger partial charge in [0.05, 0.1) is 17.0 Å². The summed E-state index contributed by atoms with van der Waals surface area (Å²) >= 11 is 6.16. The minimum atomic E-state index is -0.540. The zero-order chi connectivity index (χ0) is 23.3. The van der Waals surface area contributed by atoms with Gasteiger partial charge in [0.1, 0.15) is 5.58 Å². The zero-order valence-corrected chi connectivity index (χ0v) is 19.5. The van der Waals surface area contributed by atoms with Crippen molar-refractivity contribution in [2.75, 3.05) is 0 Å². The van der Waals surface area contributed by atoms with Crippen molar-refractivity contribution in [3.8, 4) is 0 Å². The lowest BCUT2D eigenvalue weighted by molar-refractivity contribution is 0.0714. The van der Waals surface area contributed by atoms with Gasteiger partial charge in [-0.05, 0) is 40.3 Å². The van der Waals surface area contributed by atoms with Crippen LogP contribution in [-0.2, 0) is 12.0 Å². The van der Waals surface area contributed by atoms with E-state index < -0.39 is 6.04 Å². The standard InChI is InChI=1S/C28H24ClNO3/c1-28(2,3)19-11-9-18(10-12-19)24-23-25(31)21-15-20(29)13-14-22(21)33-26(23)27(32)30(24)16-17-7-5-4-6-8-17/h4-15,24H,16H2,1-3H3. The highest BCUT2D eigenvalue weighted by molar-refractivity contribution is 6.31. The van der Waals surface area contributed by atoms with Crippen LogP contribution in [0, 0.1) is 0 Å². The number of rotatable bonds is 3. The van der Waals surface area contributed by atoms with Crippen LogP contribution in [0.1, 0.15) is 59.6 Å². The fraction of sp³-hybridized carbons (Fsp3) is 0.214. The van der Waals surface area contributed by atoms with Crippen molar-refractivity contribution in [3.05, 3.63) is 116 Å². The van der Waals surface area contributed by atoms with Crippen molar-refractivity contribution in [1.82, 2.24) is 4.90 Å². The molecule has 0 bridgehead atoms. The van der Waals surface area contributed by atoms with Gasteiger partial charge in [-0.2, -0.15) is 0 Å². The number of nitrogens with zero attached hydrogens (tertiary/aromatic N) is 1. The smallest absolute Gasteiger partial charge is 0.291 e. The summed E-state index contributed by atoms with van der Waals surface area (Å²) in [4.78, 5) is 28.9. The molecular weight excluding hydrogens is 434 g/mol. The third kappa shape index (κ3) is 3.75. The first-order valence-electron chi connectivity index (χ1n) is 11.0. The van der Waals surface area contributed by atoms with E-state index >= 15 is 0 Å². The molecule has 0 fully saturated rings. The molecule has 3 aromatic carbocycles. The van der Waals surface area contributed by atoms with Crippen LogP contribution in [0.4, 0.5) is 0 Å². The lowest BCUT2D eigenvalue weighted by Crippen LogP contribution is -2.29. The number of amides is 1. The van der Waals surface area contributed by atoms with Crippen molar-refractivity contribution < 1.29 is 9.21 Å². The average Bonchev–Trinajstić information content (AvgIpc) is 3.06. The van der Waals surface area contributed by atoms with E-state index in [1.165, 1.54) is 5.56 Å². The second kappa shape index (κ2) is 7.89. The van der Waals surface area contributed by atoms with Crippen molar-refractivity contribution in [2.45, 2.75) is 38.8 Å². The van der Waals surface area contributed by atoms with E-state index in [9.17, 15) is 9.59 Å². The maximum atomic E-state index is 13.6. The number of carbonyl (C=O) groups is 1. The molecule has 33 heavy (non-hydrogen) atoms. The molecule has 0 radical (unpaired) electrons. The molecule has 4 aromatic rings. The van der Waals surface area contributed by atoms with Crippen LogP contribution in [0.25, 0.3) is 11.0 Å².